The summed E-state index contributed by atoms with van der Waals surface area (Å²) in [4.78, 5) is 0. The summed E-state index contributed by atoms with van der Waals surface area (Å²) in [5.74, 6) is 0. The third kappa shape index (κ3) is 5.55. The molecule has 140 valence electrons. The minimum absolute atomic E-state index is 0.805. The van der Waals surface area contributed by atoms with Gasteiger partial charge in [-0.05, 0) is 38.4 Å². The SMILES string of the molecule is C=C[Si]1(C)C[Si](C)(C=C)O[Si](C)(C=C)O[Si](C)(C=C)O[Si](C)(C=C)O1. The monoisotopic (exact) mass is 428 g/mol. The van der Waals surface area contributed by atoms with Crippen LogP contribution in [0.25, 0.3) is 0 Å². The summed E-state index contributed by atoms with van der Waals surface area (Å²) < 4.78 is 26.2. The first-order valence-electron chi connectivity index (χ1n) is 8.32. The van der Waals surface area contributed by atoms with Crippen LogP contribution >= 0.6 is 0 Å². The molecule has 1 fully saturated rings. The topological polar surface area (TPSA) is 36.9 Å². The summed E-state index contributed by atoms with van der Waals surface area (Å²) in [6.07, 6.45) is 0. The van der Waals surface area contributed by atoms with Gasteiger partial charge in [-0.2, -0.15) is 0 Å². The van der Waals surface area contributed by atoms with E-state index in [9.17, 15) is 0 Å². The van der Waals surface area contributed by atoms with Crippen molar-refractivity contribution in [3.8, 4) is 0 Å². The van der Waals surface area contributed by atoms with E-state index in [4.69, 9.17) is 16.5 Å². The molecule has 1 heterocycles. The molecule has 1 rings (SSSR count). The normalized spacial score (nSPS) is 45.8. The lowest BCUT2D eigenvalue weighted by atomic mass is 11.3. The molecule has 0 spiro atoms. The molecule has 1 saturated heterocycles. The highest BCUT2D eigenvalue weighted by Crippen LogP contribution is 2.34. The van der Waals surface area contributed by atoms with Crippen molar-refractivity contribution in [3.63, 3.8) is 0 Å². The fraction of sp³-hybridized carbons (Fsp3) is 0.375. The van der Waals surface area contributed by atoms with Gasteiger partial charge in [0, 0.05) is 0 Å². The van der Waals surface area contributed by atoms with E-state index in [0.29, 0.717) is 0 Å². The van der Waals surface area contributed by atoms with Crippen LogP contribution in [-0.2, 0) is 16.5 Å². The predicted octanol–water partition coefficient (Wildman–Crippen LogP) is 4.60. The first-order chi connectivity index (χ1) is 11.3. The molecular weight excluding hydrogens is 397 g/mol. The van der Waals surface area contributed by atoms with Gasteiger partial charge in [0.05, 0.1) is 0 Å². The molecule has 1 aliphatic rings. The molecule has 0 N–H and O–H groups in total. The zero-order valence-electron chi connectivity index (χ0n) is 16.3. The molecule has 9 heteroatoms. The number of rotatable bonds is 5. The van der Waals surface area contributed by atoms with Crippen molar-refractivity contribution in [3.05, 3.63) is 61.4 Å². The lowest BCUT2D eigenvalue weighted by Gasteiger charge is -2.46. The van der Waals surface area contributed by atoms with Gasteiger partial charge in [-0.15, -0.1) is 32.9 Å². The molecule has 4 nitrogen and oxygen atoms in total. The molecule has 0 saturated carbocycles. The Morgan fingerprint density at radius 3 is 1.04 bits per heavy atom. The Morgan fingerprint density at radius 1 is 0.520 bits per heavy atom. The summed E-state index contributed by atoms with van der Waals surface area (Å²) in [6.45, 7) is 30.3. The van der Waals surface area contributed by atoms with E-state index in [1.165, 1.54) is 0 Å². The third-order valence-electron chi connectivity index (χ3n) is 4.36. The highest BCUT2D eigenvalue weighted by molar-refractivity contribution is 7.03. The van der Waals surface area contributed by atoms with Gasteiger partial charge in [-0.1, -0.05) is 28.5 Å². The van der Waals surface area contributed by atoms with Crippen molar-refractivity contribution in [2.75, 3.05) is 0 Å². The van der Waals surface area contributed by atoms with Crippen LogP contribution in [0.3, 0.4) is 0 Å². The molecule has 0 radical (unpaired) electrons. The van der Waals surface area contributed by atoms with E-state index in [1.54, 1.807) is 5.70 Å². The Kier molecular flexibility index (Phi) is 6.98. The van der Waals surface area contributed by atoms with E-state index in [2.05, 4.69) is 46.0 Å². The average molecular weight is 429 g/mol. The van der Waals surface area contributed by atoms with Crippen LogP contribution in [0.2, 0.25) is 38.4 Å². The second kappa shape index (κ2) is 7.70. The Morgan fingerprint density at radius 2 is 0.800 bits per heavy atom. The molecule has 1 aliphatic heterocycles. The molecule has 4 unspecified atom stereocenters. The molecule has 4 atom stereocenters. The average Bonchev–Trinajstić information content (AvgIpc) is 2.53. The van der Waals surface area contributed by atoms with Crippen LogP contribution in [-0.4, -0.2) is 42.3 Å². The molecule has 0 aliphatic carbocycles. The molecule has 25 heavy (non-hydrogen) atoms. The zero-order chi connectivity index (χ0) is 19.6. The summed E-state index contributed by atoms with van der Waals surface area (Å²) in [5.41, 5.74) is 10.2. The summed E-state index contributed by atoms with van der Waals surface area (Å²) in [7, 11) is -12.7. The standard InChI is InChI=1S/C16H32O4Si5/c1-11-21(6)16-22(7,12-2)18-24(9,14-4)20-25(10,15-5)19-23(8,13-3)17-21/h11-15H,1-5,16H2,6-10H3. The summed E-state index contributed by atoms with van der Waals surface area (Å²) >= 11 is 0. The van der Waals surface area contributed by atoms with Gasteiger partial charge in [-0.3, -0.25) is 0 Å². The minimum Gasteiger partial charge on any atom is -0.430 e. The maximum absolute atomic E-state index is 6.62. The van der Waals surface area contributed by atoms with Crippen molar-refractivity contribution in [1.29, 1.82) is 0 Å². The Bertz CT molecular complexity index is 451. The van der Waals surface area contributed by atoms with Gasteiger partial charge < -0.3 is 16.5 Å². The number of hydrogen-bond donors (Lipinski definition) is 0. The Balaban J connectivity index is 3.56. The smallest absolute Gasteiger partial charge is 0.344 e. The Hall–Kier alpha value is -0.376. The van der Waals surface area contributed by atoms with E-state index in [1.807, 2.05) is 42.4 Å². The molecule has 0 amide bonds. The molecule has 0 aromatic carbocycles. The van der Waals surface area contributed by atoms with Crippen LogP contribution in [0, 0.1) is 0 Å². The van der Waals surface area contributed by atoms with Gasteiger partial charge in [0.1, 0.15) is 0 Å². The fourth-order valence-electron chi connectivity index (χ4n) is 3.04. The lowest BCUT2D eigenvalue weighted by Crippen LogP contribution is -2.64. The van der Waals surface area contributed by atoms with E-state index < -0.39 is 42.3 Å². The number of hydrogen-bond acceptors (Lipinski definition) is 4. The summed E-state index contributed by atoms with van der Waals surface area (Å²) in [6, 6.07) is 0. The van der Waals surface area contributed by atoms with Crippen LogP contribution in [0.5, 0.6) is 0 Å². The second-order valence-corrected chi connectivity index (χ2v) is 25.3. The Labute approximate surface area is 158 Å². The van der Waals surface area contributed by atoms with Crippen molar-refractivity contribution < 1.29 is 16.5 Å². The third-order valence-corrected chi connectivity index (χ3v) is 27.4. The van der Waals surface area contributed by atoms with E-state index >= 15 is 0 Å². The largest absolute Gasteiger partial charge is 0.430 e. The van der Waals surface area contributed by atoms with Gasteiger partial charge >= 0.3 is 25.7 Å². The van der Waals surface area contributed by atoms with Crippen LogP contribution in [0.1, 0.15) is 0 Å². The van der Waals surface area contributed by atoms with E-state index in [0.717, 1.165) is 5.67 Å². The predicted molar refractivity (Wildman–Crippen MR) is 118 cm³/mol. The fourth-order valence-corrected chi connectivity index (χ4v) is 29.8. The first kappa shape index (κ1) is 22.7. The van der Waals surface area contributed by atoms with Crippen molar-refractivity contribution >= 4 is 42.3 Å². The van der Waals surface area contributed by atoms with Crippen LogP contribution < -0.4 is 0 Å². The second-order valence-electron chi connectivity index (χ2n) is 7.28. The zero-order valence-corrected chi connectivity index (χ0v) is 21.3. The highest BCUT2D eigenvalue weighted by atomic mass is 28.5. The molecule has 0 aromatic rings. The van der Waals surface area contributed by atoms with Crippen molar-refractivity contribution in [2.24, 2.45) is 0 Å². The van der Waals surface area contributed by atoms with Gasteiger partial charge in [0.2, 0.25) is 16.6 Å². The van der Waals surface area contributed by atoms with Crippen LogP contribution in [0.4, 0.5) is 0 Å². The maximum atomic E-state index is 6.62. The van der Waals surface area contributed by atoms with Gasteiger partial charge in [0.25, 0.3) is 0 Å². The highest BCUT2D eigenvalue weighted by Gasteiger charge is 2.53. The van der Waals surface area contributed by atoms with Gasteiger partial charge in [-0.25, -0.2) is 0 Å². The van der Waals surface area contributed by atoms with Crippen LogP contribution in [0.15, 0.2) is 61.4 Å². The van der Waals surface area contributed by atoms with Crippen molar-refractivity contribution in [2.45, 2.75) is 38.4 Å². The van der Waals surface area contributed by atoms with Crippen molar-refractivity contribution in [1.82, 2.24) is 0 Å². The van der Waals surface area contributed by atoms with Gasteiger partial charge in [0.15, 0.2) is 0 Å². The lowest BCUT2D eigenvalue weighted by molar-refractivity contribution is 0.306. The molecular formula is C16H32O4Si5. The maximum Gasteiger partial charge on any atom is 0.344 e. The first-order valence-corrected chi connectivity index (χ1v) is 20.9. The minimum atomic E-state index is -2.74. The summed E-state index contributed by atoms with van der Waals surface area (Å²) in [5, 5.41) is 0. The molecule has 0 aromatic heterocycles. The van der Waals surface area contributed by atoms with E-state index in [-0.39, 0.29) is 0 Å². The molecule has 0 bridgehead atoms. The quantitative estimate of drug-likeness (QED) is 0.600.